The maximum atomic E-state index is 13.2. The number of rotatable bonds is 7. The summed E-state index contributed by atoms with van der Waals surface area (Å²) in [5.74, 6) is 0.793. The average Bonchev–Trinajstić information content (AvgIpc) is 3.35. The number of ether oxygens (including phenoxy) is 2. The second-order valence-corrected chi connectivity index (χ2v) is 8.46. The van der Waals surface area contributed by atoms with Crippen LogP contribution in [0.4, 0.5) is 5.69 Å². The number of para-hydroxylation sites is 1. The first-order chi connectivity index (χ1) is 17.0. The maximum Gasteiger partial charge on any atom is 0.270 e. The molecule has 5 rings (SSSR count). The molecule has 1 aromatic heterocycles. The number of hydrogen-bond donors (Lipinski definition) is 0. The van der Waals surface area contributed by atoms with Crippen LogP contribution in [0.3, 0.4) is 0 Å². The monoisotopic (exact) mass is 487 g/mol. The molecule has 3 aromatic carbocycles. The minimum absolute atomic E-state index is 0.0645. The summed E-state index contributed by atoms with van der Waals surface area (Å²) in [6.07, 6.45) is 0. The molecule has 0 unspecified atom stereocenters. The Kier molecular flexibility index (Phi) is 6.02. The number of aromatic nitrogens is 2. The van der Waals surface area contributed by atoms with Gasteiger partial charge in [0.15, 0.2) is 22.4 Å². The predicted octanol–water partition coefficient (Wildman–Crippen LogP) is 4.51. The molecule has 174 valence electrons. The van der Waals surface area contributed by atoms with E-state index in [0.717, 1.165) is 11.8 Å². The third-order valence-corrected chi connectivity index (χ3v) is 6.22. The van der Waals surface area contributed by atoms with E-state index in [1.165, 1.54) is 34.9 Å². The van der Waals surface area contributed by atoms with Crippen LogP contribution in [-0.2, 0) is 0 Å². The third-order valence-electron chi connectivity index (χ3n) is 5.28. The Morgan fingerprint density at radius 3 is 2.60 bits per heavy atom. The fraction of sp³-hybridized carbons (Fsp3) is 0.0800. The van der Waals surface area contributed by atoms with Gasteiger partial charge in [-0.2, -0.15) is 0 Å². The van der Waals surface area contributed by atoms with Gasteiger partial charge >= 0.3 is 0 Å². The number of nitro groups is 1. The van der Waals surface area contributed by atoms with Crippen LogP contribution in [0, 0.1) is 10.1 Å². The van der Waals surface area contributed by atoms with Gasteiger partial charge in [0, 0.05) is 29.3 Å². The highest BCUT2D eigenvalue weighted by Crippen LogP contribution is 2.35. The number of thioether (sulfide) groups is 1. The lowest BCUT2D eigenvalue weighted by molar-refractivity contribution is -0.384. The Morgan fingerprint density at radius 1 is 1.00 bits per heavy atom. The molecule has 4 aromatic rings. The van der Waals surface area contributed by atoms with Crippen LogP contribution >= 0.6 is 11.8 Å². The number of nitro benzene ring substituents is 1. The lowest BCUT2D eigenvalue weighted by atomic mass is 10.1. The maximum absolute atomic E-state index is 13.2. The van der Waals surface area contributed by atoms with Gasteiger partial charge in [-0.3, -0.25) is 24.3 Å². The summed E-state index contributed by atoms with van der Waals surface area (Å²) in [5, 5.41) is 11.4. The van der Waals surface area contributed by atoms with E-state index in [1.807, 2.05) is 6.07 Å². The van der Waals surface area contributed by atoms with Crippen molar-refractivity contribution in [2.75, 3.05) is 12.5 Å². The molecule has 0 spiro atoms. The Morgan fingerprint density at radius 2 is 1.80 bits per heavy atom. The van der Waals surface area contributed by atoms with E-state index in [4.69, 9.17) is 9.47 Å². The lowest BCUT2D eigenvalue weighted by Gasteiger charge is -2.13. The number of carbonyl (C=O) groups is 1. The Hall–Kier alpha value is -4.44. The Balaban J connectivity index is 1.51. The van der Waals surface area contributed by atoms with Crippen molar-refractivity contribution in [3.8, 4) is 28.4 Å². The van der Waals surface area contributed by atoms with Gasteiger partial charge in [-0.25, -0.2) is 4.98 Å². The quantitative estimate of drug-likeness (QED) is 0.123. The van der Waals surface area contributed by atoms with Crippen molar-refractivity contribution in [2.24, 2.45) is 0 Å². The summed E-state index contributed by atoms with van der Waals surface area (Å²) >= 11 is 1.08. The van der Waals surface area contributed by atoms with Gasteiger partial charge in [-0.05, 0) is 30.3 Å². The summed E-state index contributed by atoms with van der Waals surface area (Å²) in [6, 6.07) is 21.3. The molecular formula is C25H17N3O6S. The molecule has 0 atom stereocenters. The minimum atomic E-state index is -0.548. The van der Waals surface area contributed by atoms with Crippen LogP contribution in [-0.4, -0.2) is 32.8 Å². The van der Waals surface area contributed by atoms with Crippen molar-refractivity contribution in [2.45, 2.75) is 5.16 Å². The van der Waals surface area contributed by atoms with Gasteiger partial charge in [-0.15, -0.1) is 0 Å². The minimum Gasteiger partial charge on any atom is -0.454 e. The van der Waals surface area contributed by atoms with Crippen LogP contribution in [0.25, 0.3) is 16.9 Å². The van der Waals surface area contributed by atoms with Gasteiger partial charge in [0.05, 0.1) is 22.1 Å². The fourth-order valence-electron chi connectivity index (χ4n) is 3.58. The van der Waals surface area contributed by atoms with Crippen LogP contribution in [0.2, 0.25) is 0 Å². The summed E-state index contributed by atoms with van der Waals surface area (Å²) in [6.45, 7) is 0.128. The zero-order chi connectivity index (χ0) is 24.4. The fourth-order valence-corrected chi connectivity index (χ4v) is 4.50. The van der Waals surface area contributed by atoms with Crippen LogP contribution < -0.4 is 15.0 Å². The lowest BCUT2D eigenvalue weighted by Crippen LogP contribution is -2.21. The van der Waals surface area contributed by atoms with E-state index in [2.05, 4.69) is 4.98 Å². The zero-order valence-corrected chi connectivity index (χ0v) is 18.9. The normalized spacial score (nSPS) is 11.9. The molecule has 0 saturated heterocycles. The molecule has 0 aliphatic carbocycles. The smallest absolute Gasteiger partial charge is 0.270 e. The number of nitrogens with zero attached hydrogens (tertiary/aromatic N) is 3. The van der Waals surface area contributed by atoms with E-state index in [9.17, 15) is 19.7 Å². The van der Waals surface area contributed by atoms with Crippen LogP contribution in [0.1, 0.15) is 10.4 Å². The highest BCUT2D eigenvalue weighted by Gasteiger charge is 2.19. The first-order valence-corrected chi connectivity index (χ1v) is 11.5. The van der Waals surface area contributed by atoms with E-state index < -0.39 is 4.92 Å². The van der Waals surface area contributed by atoms with Gasteiger partial charge in [0.2, 0.25) is 6.79 Å². The Bertz CT molecular complexity index is 1500. The molecule has 10 heteroatoms. The van der Waals surface area contributed by atoms with E-state index in [1.54, 1.807) is 42.5 Å². The summed E-state index contributed by atoms with van der Waals surface area (Å²) in [4.78, 5) is 41.2. The average molecular weight is 487 g/mol. The van der Waals surface area contributed by atoms with Crippen molar-refractivity contribution >= 4 is 23.2 Å². The molecule has 2 heterocycles. The van der Waals surface area contributed by atoms with Gasteiger partial charge in [-0.1, -0.05) is 42.1 Å². The van der Waals surface area contributed by atoms with Gasteiger partial charge in [0.25, 0.3) is 11.2 Å². The highest BCUT2D eigenvalue weighted by atomic mass is 32.2. The summed E-state index contributed by atoms with van der Waals surface area (Å²) in [5.41, 5.74) is 1.43. The topological polar surface area (TPSA) is 114 Å². The van der Waals surface area contributed by atoms with Crippen molar-refractivity contribution in [1.29, 1.82) is 0 Å². The second-order valence-electron chi connectivity index (χ2n) is 7.52. The Labute approximate surface area is 203 Å². The molecule has 1 aliphatic rings. The number of carbonyl (C=O) groups excluding carboxylic acids is 1. The largest absolute Gasteiger partial charge is 0.454 e. The molecule has 0 saturated carbocycles. The van der Waals surface area contributed by atoms with Gasteiger partial charge in [0.1, 0.15) is 0 Å². The van der Waals surface area contributed by atoms with E-state index in [0.29, 0.717) is 33.6 Å². The van der Waals surface area contributed by atoms with E-state index >= 15 is 0 Å². The molecule has 1 aliphatic heterocycles. The number of hydrogen-bond acceptors (Lipinski definition) is 8. The van der Waals surface area contributed by atoms with Crippen molar-refractivity contribution < 1.29 is 19.2 Å². The standard InChI is InChI=1S/C25H17N3O6S/c29-21(17-5-4-8-19(11-17)28(31)32)14-35-25-26-20(16-9-10-22-23(12-16)34-15-33-22)13-24(30)27(25)18-6-2-1-3-7-18/h1-13H,14-15H2. The molecule has 0 radical (unpaired) electrons. The SMILES string of the molecule is O=C(CSc1nc(-c2ccc3c(c2)OCO3)cc(=O)n1-c1ccccc1)c1cccc([N+](=O)[O-])c1. The molecule has 0 amide bonds. The molecule has 9 nitrogen and oxygen atoms in total. The molecule has 0 bridgehead atoms. The van der Waals surface area contributed by atoms with Crippen molar-refractivity contribution in [3.05, 3.63) is 105 Å². The molecule has 0 fully saturated rings. The van der Waals surface area contributed by atoms with Crippen LogP contribution in [0.5, 0.6) is 11.5 Å². The van der Waals surface area contributed by atoms with E-state index in [-0.39, 0.29) is 35.1 Å². The first kappa shape index (κ1) is 22.4. The number of ketones is 1. The van der Waals surface area contributed by atoms with Crippen molar-refractivity contribution in [3.63, 3.8) is 0 Å². The molecule has 35 heavy (non-hydrogen) atoms. The van der Waals surface area contributed by atoms with Gasteiger partial charge < -0.3 is 9.47 Å². The second kappa shape index (κ2) is 9.43. The number of Topliss-reactive ketones (excluding diaryl/α,β-unsaturated/α-hetero) is 1. The number of fused-ring (bicyclic) bond motifs is 1. The molecule has 0 N–H and O–H groups in total. The summed E-state index contributed by atoms with van der Waals surface area (Å²) < 4.78 is 12.2. The predicted molar refractivity (Wildman–Crippen MR) is 130 cm³/mol. The highest BCUT2D eigenvalue weighted by molar-refractivity contribution is 7.99. The van der Waals surface area contributed by atoms with Crippen molar-refractivity contribution in [1.82, 2.24) is 9.55 Å². The third kappa shape index (κ3) is 4.64. The number of non-ortho nitro benzene ring substituents is 1. The first-order valence-electron chi connectivity index (χ1n) is 10.5. The zero-order valence-electron chi connectivity index (χ0n) is 18.1. The number of benzene rings is 3. The van der Waals surface area contributed by atoms with Crippen LogP contribution in [0.15, 0.2) is 88.8 Å². The summed E-state index contributed by atoms with van der Waals surface area (Å²) in [7, 11) is 0. The molecular weight excluding hydrogens is 470 g/mol.